The van der Waals surface area contributed by atoms with Gasteiger partial charge in [0.05, 0.1) is 5.69 Å². The molecule has 0 aliphatic carbocycles. The summed E-state index contributed by atoms with van der Waals surface area (Å²) in [7, 11) is 0. The van der Waals surface area contributed by atoms with E-state index >= 15 is 0 Å². The first-order valence-electron chi connectivity index (χ1n) is 8.31. The first-order valence-corrected chi connectivity index (χ1v) is 8.31. The number of halogens is 6. The third kappa shape index (κ3) is 4.17. The molecule has 1 saturated heterocycles. The molecule has 1 unspecified atom stereocenters. The molecule has 3 rings (SSSR count). The van der Waals surface area contributed by atoms with Crippen molar-refractivity contribution >= 4 is 17.6 Å². The van der Waals surface area contributed by atoms with Crippen LogP contribution in [0.25, 0.3) is 0 Å². The van der Waals surface area contributed by atoms with Crippen molar-refractivity contribution in [2.45, 2.75) is 24.7 Å². The van der Waals surface area contributed by atoms with Crippen molar-refractivity contribution in [3.63, 3.8) is 0 Å². The van der Waals surface area contributed by atoms with Gasteiger partial charge < -0.3 is 10.1 Å². The van der Waals surface area contributed by atoms with Crippen molar-refractivity contribution in [3.05, 3.63) is 60.2 Å². The predicted octanol–water partition coefficient (Wildman–Crippen LogP) is 3.69. The maximum Gasteiger partial charge on any atom is 0.573 e. The quantitative estimate of drug-likeness (QED) is 0.558. The molecule has 1 aliphatic rings. The molecule has 160 valence electrons. The normalized spacial score (nSPS) is 19.7. The maximum absolute atomic E-state index is 13.8. The van der Waals surface area contributed by atoms with Crippen LogP contribution in [-0.2, 0) is 11.3 Å². The molecule has 0 aromatic heterocycles. The molecule has 2 N–H and O–H groups in total. The summed E-state index contributed by atoms with van der Waals surface area (Å²) in [5, 5.41) is 3.67. The third-order valence-electron chi connectivity index (χ3n) is 4.18. The highest BCUT2D eigenvalue weighted by atomic mass is 19.4. The number of imide groups is 1. The van der Waals surface area contributed by atoms with Crippen LogP contribution in [0, 0.1) is 0 Å². The lowest BCUT2D eigenvalue weighted by atomic mass is 10.1. The van der Waals surface area contributed by atoms with Crippen LogP contribution >= 0.6 is 0 Å². The van der Waals surface area contributed by atoms with E-state index in [-0.39, 0.29) is 10.6 Å². The molecule has 6 nitrogen and oxygen atoms in total. The van der Waals surface area contributed by atoms with Crippen molar-refractivity contribution < 1.29 is 40.7 Å². The van der Waals surface area contributed by atoms with E-state index in [0.29, 0.717) is 5.56 Å². The summed E-state index contributed by atoms with van der Waals surface area (Å²) in [4.78, 5) is 25.1. The van der Waals surface area contributed by atoms with Crippen molar-refractivity contribution in [3.8, 4) is 5.75 Å². The summed E-state index contributed by atoms with van der Waals surface area (Å²) in [6.45, 7) is -0.390. The van der Waals surface area contributed by atoms with Gasteiger partial charge in [-0.3, -0.25) is 10.1 Å². The molecule has 1 heterocycles. The number of rotatable bonds is 5. The first-order chi connectivity index (χ1) is 13.9. The number of carbonyl (C=O) groups is 2. The largest absolute Gasteiger partial charge is 0.573 e. The Kier molecular flexibility index (Phi) is 5.37. The highest BCUT2D eigenvalue weighted by Gasteiger charge is 2.67. The van der Waals surface area contributed by atoms with E-state index in [9.17, 15) is 35.9 Å². The van der Waals surface area contributed by atoms with Gasteiger partial charge in [-0.2, -0.15) is 13.2 Å². The standard InChI is InChI=1S/C18H13F6N3O3/c19-17(20,21)16(25-10-11-4-2-1-3-5-11)14(28)27(15(29)26-16)12-6-8-13(9-7-12)30-18(22,23)24/h1-9,25H,10H2,(H,26,29). The summed E-state index contributed by atoms with van der Waals surface area (Å²) in [6, 6.07) is 9.76. The van der Waals surface area contributed by atoms with E-state index in [2.05, 4.69) is 10.1 Å². The van der Waals surface area contributed by atoms with Gasteiger partial charge in [-0.1, -0.05) is 30.3 Å². The Morgan fingerprint density at radius 2 is 1.53 bits per heavy atom. The van der Waals surface area contributed by atoms with Gasteiger partial charge in [0.1, 0.15) is 5.75 Å². The van der Waals surface area contributed by atoms with E-state index in [1.54, 1.807) is 23.5 Å². The predicted molar refractivity (Wildman–Crippen MR) is 91.2 cm³/mol. The Hall–Kier alpha value is -3.28. The topological polar surface area (TPSA) is 70.7 Å². The molecule has 12 heteroatoms. The van der Waals surface area contributed by atoms with Crippen LogP contribution in [0.15, 0.2) is 54.6 Å². The minimum atomic E-state index is -5.21. The number of hydrogen-bond donors (Lipinski definition) is 2. The molecule has 2 aromatic rings. The fourth-order valence-electron chi connectivity index (χ4n) is 2.80. The molecular formula is C18H13F6N3O3. The number of hydrogen-bond acceptors (Lipinski definition) is 4. The van der Waals surface area contributed by atoms with Gasteiger partial charge in [0, 0.05) is 6.54 Å². The van der Waals surface area contributed by atoms with Crippen LogP contribution in [0.4, 0.5) is 36.8 Å². The summed E-state index contributed by atoms with van der Waals surface area (Å²) in [6.07, 6.45) is -10.2. The molecule has 30 heavy (non-hydrogen) atoms. The minimum absolute atomic E-state index is 0.197. The molecule has 3 amide bonds. The van der Waals surface area contributed by atoms with Gasteiger partial charge in [0.2, 0.25) is 0 Å². The van der Waals surface area contributed by atoms with Gasteiger partial charge in [-0.15, -0.1) is 13.2 Å². The van der Waals surface area contributed by atoms with Crippen LogP contribution < -0.4 is 20.3 Å². The first kappa shape index (κ1) is 21.4. The number of anilines is 1. The highest BCUT2D eigenvalue weighted by molar-refractivity contribution is 6.23. The molecule has 0 spiro atoms. The fourth-order valence-corrected chi connectivity index (χ4v) is 2.80. The van der Waals surface area contributed by atoms with E-state index in [1.165, 1.54) is 12.1 Å². The highest BCUT2D eigenvalue weighted by Crippen LogP contribution is 2.36. The van der Waals surface area contributed by atoms with Crippen molar-refractivity contribution in [1.82, 2.24) is 10.6 Å². The zero-order chi connectivity index (χ0) is 22.2. The summed E-state index contributed by atoms with van der Waals surface area (Å²) in [5.41, 5.74) is -3.34. The Balaban J connectivity index is 1.87. The number of urea groups is 1. The average molecular weight is 433 g/mol. The molecule has 1 atom stereocenters. The number of benzene rings is 2. The Morgan fingerprint density at radius 3 is 2.07 bits per heavy atom. The van der Waals surface area contributed by atoms with E-state index in [4.69, 9.17) is 0 Å². The lowest BCUT2D eigenvalue weighted by molar-refractivity contribution is -0.274. The molecule has 1 aliphatic heterocycles. The third-order valence-corrected chi connectivity index (χ3v) is 4.18. The fraction of sp³-hybridized carbons (Fsp3) is 0.222. The smallest absolute Gasteiger partial charge is 0.406 e. The summed E-state index contributed by atoms with van der Waals surface area (Å²) < 4.78 is 81.8. The monoisotopic (exact) mass is 433 g/mol. The number of nitrogens with one attached hydrogen (secondary N) is 2. The zero-order valence-electron chi connectivity index (χ0n) is 14.8. The molecule has 0 radical (unpaired) electrons. The lowest BCUT2D eigenvalue weighted by Gasteiger charge is -2.30. The summed E-state index contributed by atoms with van der Waals surface area (Å²) in [5.74, 6) is -2.33. The van der Waals surface area contributed by atoms with Crippen molar-refractivity contribution in [2.24, 2.45) is 0 Å². The second kappa shape index (κ2) is 7.52. The number of nitrogens with zero attached hydrogens (tertiary/aromatic N) is 1. The summed E-state index contributed by atoms with van der Waals surface area (Å²) >= 11 is 0. The van der Waals surface area contributed by atoms with Gasteiger partial charge in [0.15, 0.2) is 0 Å². The van der Waals surface area contributed by atoms with Gasteiger partial charge in [-0.25, -0.2) is 9.69 Å². The Labute approximate surface area is 165 Å². The zero-order valence-corrected chi connectivity index (χ0v) is 14.8. The lowest BCUT2D eigenvalue weighted by Crippen LogP contribution is -2.68. The average Bonchev–Trinajstić information content (AvgIpc) is 2.91. The number of ether oxygens (including phenoxy) is 1. The van der Waals surface area contributed by atoms with Gasteiger partial charge in [0.25, 0.3) is 11.6 Å². The van der Waals surface area contributed by atoms with E-state index in [0.717, 1.165) is 24.3 Å². The molecule has 2 aromatic carbocycles. The number of amides is 3. The van der Waals surface area contributed by atoms with Crippen LogP contribution in [0.5, 0.6) is 5.75 Å². The van der Waals surface area contributed by atoms with Gasteiger partial charge >= 0.3 is 18.6 Å². The van der Waals surface area contributed by atoms with E-state index < -0.39 is 42.4 Å². The van der Waals surface area contributed by atoms with Crippen LogP contribution in [0.2, 0.25) is 0 Å². The van der Waals surface area contributed by atoms with Crippen molar-refractivity contribution in [2.75, 3.05) is 4.90 Å². The Bertz CT molecular complexity index is 931. The molecule has 1 fully saturated rings. The molecule has 0 saturated carbocycles. The second-order valence-corrected chi connectivity index (χ2v) is 6.20. The van der Waals surface area contributed by atoms with Crippen LogP contribution in [-0.4, -0.2) is 30.1 Å². The molecule has 0 bridgehead atoms. The Morgan fingerprint density at radius 1 is 0.933 bits per heavy atom. The number of alkyl halides is 6. The number of carbonyl (C=O) groups excluding carboxylic acids is 2. The molecular weight excluding hydrogens is 420 g/mol. The van der Waals surface area contributed by atoms with E-state index in [1.807, 2.05) is 0 Å². The maximum atomic E-state index is 13.8. The SMILES string of the molecule is O=C1NC(NCc2ccccc2)(C(F)(F)F)C(=O)N1c1ccc(OC(F)(F)F)cc1. The second-order valence-electron chi connectivity index (χ2n) is 6.20. The van der Waals surface area contributed by atoms with Crippen LogP contribution in [0.1, 0.15) is 5.56 Å². The van der Waals surface area contributed by atoms with Gasteiger partial charge in [-0.05, 0) is 29.8 Å². The minimum Gasteiger partial charge on any atom is -0.406 e. The van der Waals surface area contributed by atoms with Crippen molar-refractivity contribution in [1.29, 1.82) is 0 Å². The van der Waals surface area contributed by atoms with Crippen LogP contribution in [0.3, 0.4) is 0 Å².